The molecule has 0 atom stereocenters. The molecule has 5 nitrogen and oxygen atoms in total. The first-order valence-electron chi connectivity index (χ1n) is 5.72. The summed E-state index contributed by atoms with van der Waals surface area (Å²) in [4.78, 5) is 11.7. The van der Waals surface area contributed by atoms with Crippen molar-refractivity contribution in [2.24, 2.45) is 0 Å². The Labute approximate surface area is 162 Å². The number of benzene rings is 2. The van der Waals surface area contributed by atoms with Crippen LogP contribution in [0.4, 0.5) is 0 Å². The van der Waals surface area contributed by atoms with Crippen molar-refractivity contribution in [3.8, 4) is 5.75 Å². The third kappa shape index (κ3) is 4.55. The molecule has 0 aliphatic carbocycles. The Balaban J connectivity index is 2.34. The van der Waals surface area contributed by atoms with E-state index >= 15 is 0 Å². The number of ether oxygens (including phenoxy) is 1. The van der Waals surface area contributed by atoms with Crippen LogP contribution in [0.15, 0.2) is 48.6 Å². The predicted molar refractivity (Wildman–Crippen MR) is 93.9 cm³/mol. The molecule has 0 bridgehead atoms. The SMILES string of the molecule is O=C(Oc1ccc(S(=O)(=O)[O-])c(Cl)c1)c1c(Br)cc(Br)cc1Br. The predicted octanol–water partition coefficient (Wildman–Crippen LogP) is 4.75. The van der Waals surface area contributed by atoms with Crippen molar-refractivity contribution in [1.29, 1.82) is 0 Å². The van der Waals surface area contributed by atoms with Gasteiger partial charge in [0, 0.05) is 19.5 Å². The monoisotopic (exact) mass is 545 g/mol. The van der Waals surface area contributed by atoms with E-state index in [1.807, 2.05) is 0 Å². The number of rotatable bonds is 3. The van der Waals surface area contributed by atoms with Crippen molar-refractivity contribution in [2.75, 3.05) is 0 Å². The number of hydrogen-bond donors (Lipinski definition) is 0. The van der Waals surface area contributed by atoms with Crippen molar-refractivity contribution in [1.82, 2.24) is 0 Å². The molecule has 0 saturated carbocycles. The summed E-state index contributed by atoms with van der Waals surface area (Å²) < 4.78 is 39.8. The fourth-order valence-corrected chi connectivity index (χ4v) is 5.21. The van der Waals surface area contributed by atoms with Crippen LogP contribution in [-0.4, -0.2) is 18.9 Å². The molecular weight excluding hydrogens is 543 g/mol. The van der Waals surface area contributed by atoms with Gasteiger partial charge in [0.2, 0.25) is 0 Å². The third-order valence-electron chi connectivity index (χ3n) is 2.59. The van der Waals surface area contributed by atoms with Gasteiger partial charge >= 0.3 is 5.97 Å². The Morgan fingerprint density at radius 1 is 1.09 bits per heavy atom. The van der Waals surface area contributed by atoms with Gasteiger partial charge in [-0.05, 0) is 56.1 Å². The molecule has 0 fully saturated rings. The summed E-state index contributed by atoms with van der Waals surface area (Å²) in [5, 5.41) is -0.320. The van der Waals surface area contributed by atoms with Crippen molar-refractivity contribution < 1.29 is 22.5 Å². The fraction of sp³-hybridized carbons (Fsp3) is 0. The topological polar surface area (TPSA) is 83.5 Å². The fourth-order valence-electron chi connectivity index (χ4n) is 1.64. The van der Waals surface area contributed by atoms with Crippen LogP contribution in [0.25, 0.3) is 0 Å². The number of halogens is 4. The minimum absolute atomic E-state index is 0.00844. The quantitative estimate of drug-likeness (QED) is 0.314. The van der Waals surface area contributed by atoms with Gasteiger partial charge in [0.05, 0.1) is 15.5 Å². The maximum absolute atomic E-state index is 12.2. The minimum atomic E-state index is -4.69. The van der Waals surface area contributed by atoms with Gasteiger partial charge < -0.3 is 9.29 Å². The Morgan fingerprint density at radius 2 is 1.65 bits per heavy atom. The number of carbonyl (C=O) groups excluding carboxylic acids is 1. The zero-order valence-electron chi connectivity index (χ0n) is 10.8. The Bertz CT molecular complexity index is 875. The average Bonchev–Trinajstić information content (AvgIpc) is 2.35. The van der Waals surface area contributed by atoms with Gasteiger partial charge in [0.1, 0.15) is 15.9 Å². The molecule has 0 saturated heterocycles. The molecule has 0 radical (unpaired) electrons. The largest absolute Gasteiger partial charge is 0.744 e. The van der Waals surface area contributed by atoms with Crippen molar-refractivity contribution in [2.45, 2.75) is 4.90 Å². The molecule has 0 aliphatic rings. The van der Waals surface area contributed by atoms with E-state index in [0.29, 0.717) is 8.95 Å². The van der Waals surface area contributed by atoms with E-state index in [2.05, 4.69) is 47.8 Å². The zero-order valence-corrected chi connectivity index (χ0v) is 17.2. The third-order valence-corrected chi connectivity index (χ3v) is 5.62. The van der Waals surface area contributed by atoms with Crippen LogP contribution < -0.4 is 4.74 Å². The number of hydrogen-bond acceptors (Lipinski definition) is 5. The molecule has 0 amide bonds. The van der Waals surface area contributed by atoms with Gasteiger partial charge in [-0.1, -0.05) is 27.5 Å². The number of esters is 1. The van der Waals surface area contributed by atoms with Gasteiger partial charge in [0.15, 0.2) is 0 Å². The highest BCUT2D eigenvalue weighted by Crippen LogP contribution is 2.32. The summed E-state index contributed by atoms with van der Waals surface area (Å²) in [6, 6.07) is 6.59. The first-order chi connectivity index (χ1) is 10.6. The lowest BCUT2D eigenvalue weighted by atomic mass is 10.2. The first kappa shape index (κ1) is 18.9. The minimum Gasteiger partial charge on any atom is -0.744 e. The van der Waals surface area contributed by atoms with Crippen LogP contribution in [0.5, 0.6) is 5.75 Å². The van der Waals surface area contributed by atoms with E-state index in [1.165, 1.54) is 6.07 Å². The molecule has 2 aromatic rings. The summed E-state index contributed by atoms with van der Waals surface area (Å²) in [5.74, 6) is -0.681. The Kier molecular flexibility index (Phi) is 5.91. The summed E-state index contributed by atoms with van der Waals surface area (Å²) >= 11 is 15.5. The molecule has 0 unspecified atom stereocenters. The smallest absolute Gasteiger partial charge is 0.345 e. The van der Waals surface area contributed by atoms with E-state index in [-0.39, 0.29) is 16.3 Å². The van der Waals surface area contributed by atoms with Crippen LogP contribution in [0.1, 0.15) is 10.4 Å². The molecule has 2 aromatic carbocycles. The molecule has 10 heteroatoms. The lowest BCUT2D eigenvalue weighted by Crippen LogP contribution is -2.10. The van der Waals surface area contributed by atoms with E-state index in [0.717, 1.165) is 16.6 Å². The van der Waals surface area contributed by atoms with E-state index in [9.17, 15) is 17.8 Å². The maximum Gasteiger partial charge on any atom is 0.345 e. The van der Waals surface area contributed by atoms with Crippen LogP contribution >= 0.6 is 59.4 Å². The summed E-state index contributed by atoms with van der Waals surface area (Å²) in [7, 11) is -4.69. The summed E-state index contributed by atoms with van der Waals surface area (Å²) in [6.45, 7) is 0. The van der Waals surface area contributed by atoms with Crippen molar-refractivity contribution in [3.05, 3.63) is 54.3 Å². The maximum atomic E-state index is 12.2. The molecule has 2 rings (SSSR count). The highest BCUT2D eigenvalue weighted by atomic mass is 79.9. The first-order valence-corrected chi connectivity index (χ1v) is 9.88. The normalized spacial score (nSPS) is 11.3. The molecule has 122 valence electrons. The van der Waals surface area contributed by atoms with Gasteiger partial charge in [0.25, 0.3) is 0 Å². The molecule has 0 spiro atoms. The zero-order chi connectivity index (χ0) is 17.4. The van der Waals surface area contributed by atoms with Crippen LogP contribution in [0.2, 0.25) is 5.02 Å². The van der Waals surface area contributed by atoms with Gasteiger partial charge in [-0.2, -0.15) is 0 Å². The van der Waals surface area contributed by atoms with Gasteiger partial charge in [-0.3, -0.25) is 0 Å². The van der Waals surface area contributed by atoms with Crippen LogP contribution in [0.3, 0.4) is 0 Å². The second kappa shape index (κ2) is 7.20. The molecule has 23 heavy (non-hydrogen) atoms. The highest BCUT2D eigenvalue weighted by molar-refractivity contribution is 9.11. The lowest BCUT2D eigenvalue weighted by Gasteiger charge is -2.12. The molecular formula is C13H5Br3ClO5S-. The highest BCUT2D eigenvalue weighted by Gasteiger charge is 2.18. The molecule has 0 N–H and O–H groups in total. The lowest BCUT2D eigenvalue weighted by molar-refractivity contribution is 0.0733. The Morgan fingerprint density at radius 3 is 2.13 bits per heavy atom. The van der Waals surface area contributed by atoms with Gasteiger partial charge in [-0.25, -0.2) is 13.2 Å². The second-order valence-electron chi connectivity index (χ2n) is 4.18. The van der Waals surface area contributed by atoms with Crippen LogP contribution in [0, 0.1) is 0 Å². The van der Waals surface area contributed by atoms with Crippen LogP contribution in [-0.2, 0) is 10.1 Å². The van der Waals surface area contributed by atoms with Gasteiger partial charge in [-0.15, -0.1) is 0 Å². The molecule has 0 aromatic heterocycles. The average molecular weight is 548 g/mol. The second-order valence-corrected chi connectivity index (χ2v) is 8.56. The van der Waals surface area contributed by atoms with E-state index in [1.54, 1.807) is 12.1 Å². The standard InChI is InChI=1S/C13H6Br3ClO5S/c14-6-3-8(15)12(9(16)4-6)13(18)22-7-1-2-11(10(17)5-7)23(19,20)21/h1-5H,(H,19,20,21)/p-1. The molecule has 0 heterocycles. The Hall–Kier alpha value is -0.450. The number of carbonyl (C=O) groups is 1. The van der Waals surface area contributed by atoms with E-state index in [4.69, 9.17) is 16.3 Å². The molecule has 0 aliphatic heterocycles. The van der Waals surface area contributed by atoms with Crippen molar-refractivity contribution in [3.63, 3.8) is 0 Å². The van der Waals surface area contributed by atoms with E-state index < -0.39 is 21.0 Å². The summed E-state index contributed by atoms with van der Waals surface area (Å²) in [5.41, 5.74) is 0.241. The summed E-state index contributed by atoms with van der Waals surface area (Å²) in [6.07, 6.45) is 0. The van der Waals surface area contributed by atoms with Crippen molar-refractivity contribution >= 4 is 75.5 Å².